The highest BCUT2D eigenvalue weighted by molar-refractivity contribution is 7.80. The van der Waals surface area contributed by atoms with E-state index in [1.54, 1.807) is 20.8 Å². The van der Waals surface area contributed by atoms with Crippen molar-refractivity contribution >= 4 is 36.3 Å². The van der Waals surface area contributed by atoms with Crippen LogP contribution in [0.15, 0.2) is 0 Å². The molecule has 11 heteroatoms. The molecule has 10 nitrogen and oxygen atoms in total. The summed E-state index contributed by atoms with van der Waals surface area (Å²) in [7, 11) is 0. The molecule has 0 saturated carbocycles. The Morgan fingerprint density at radius 1 is 0.935 bits per heavy atom. The van der Waals surface area contributed by atoms with Gasteiger partial charge < -0.3 is 32.5 Å². The van der Waals surface area contributed by atoms with Gasteiger partial charge in [-0.2, -0.15) is 12.6 Å². The fourth-order valence-corrected chi connectivity index (χ4v) is 3.00. The quantitative estimate of drug-likeness (QED) is 0.128. The van der Waals surface area contributed by atoms with Crippen LogP contribution in [0, 0.1) is 11.8 Å². The highest BCUT2D eigenvalue weighted by Crippen LogP contribution is 2.12. The molecular weight excluding hydrogens is 422 g/mol. The summed E-state index contributed by atoms with van der Waals surface area (Å²) in [6, 6.07) is -3.80. The van der Waals surface area contributed by atoms with Gasteiger partial charge in [0.2, 0.25) is 17.7 Å². The molecule has 0 rings (SSSR count). The lowest BCUT2D eigenvalue weighted by molar-refractivity contribution is -0.143. The van der Waals surface area contributed by atoms with Gasteiger partial charge in [0.05, 0.1) is 6.04 Å². The smallest absolute Gasteiger partial charge is 0.326 e. The first-order valence-corrected chi connectivity index (χ1v) is 11.3. The summed E-state index contributed by atoms with van der Waals surface area (Å²) in [5, 5.41) is 17.2. The largest absolute Gasteiger partial charge is 0.480 e. The molecule has 0 aromatic rings. The Hall–Kier alpha value is -1.85. The van der Waals surface area contributed by atoms with Gasteiger partial charge in [-0.3, -0.25) is 14.4 Å². The maximum Gasteiger partial charge on any atom is 0.326 e. The number of carbonyl (C=O) groups is 4. The van der Waals surface area contributed by atoms with Crippen LogP contribution in [0.4, 0.5) is 0 Å². The molecule has 31 heavy (non-hydrogen) atoms. The normalized spacial score (nSPS) is 16.0. The molecule has 0 aliphatic rings. The average Bonchev–Trinajstić information content (AvgIpc) is 2.72. The first-order chi connectivity index (χ1) is 14.5. The van der Waals surface area contributed by atoms with E-state index in [1.807, 2.05) is 6.92 Å². The zero-order chi connectivity index (χ0) is 24.1. The number of unbranched alkanes of at least 4 members (excludes halogenated alkanes) is 1. The van der Waals surface area contributed by atoms with Crippen molar-refractivity contribution < 1.29 is 24.3 Å². The Labute approximate surface area is 190 Å². The SMILES string of the molecule is CCC(C)C(NC(=O)C(NC(=O)C(N)CS)C(C)C)C(=O)NC(CCCCN)C(=O)O. The van der Waals surface area contributed by atoms with E-state index in [-0.39, 0.29) is 24.0 Å². The number of aliphatic carboxylic acids is 1. The van der Waals surface area contributed by atoms with E-state index >= 15 is 0 Å². The number of amides is 3. The van der Waals surface area contributed by atoms with Gasteiger partial charge in [-0.05, 0) is 37.6 Å². The number of carbonyl (C=O) groups excluding carboxylic acids is 3. The van der Waals surface area contributed by atoms with Crippen molar-refractivity contribution in [1.82, 2.24) is 16.0 Å². The van der Waals surface area contributed by atoms with Gasteiger partial charge >= 0.3 is 5.97 Å². The molecule has 0 aromatic carbocycles. The summed E-state index contributed by atoms with van der Waals surface area (Å²) < 4.78 is 0. The van der Waals surface area contributed by atoms with E-state index in [2.05, 4.69) is 28.6 Å². The number of carboxylic acids is 1. The molecule has 3 amide bonds. The van der Waals surface area contributed by atoms with Crippen LogP contribution in [0.2, 0.25) is 0 Å². The highest BCUT2D eigenvalue weighted by Gasteiger charge is 2.33. The third-order valence-corrected chi connectivity index (χ3v) is 5.53. The standard InChI is InChI=1S/C20H39N5O5S/c1-5-12(4)16(19(28)23-14(20(29)30)8-6-7-9-21)25-18(27)15(11(2)3)24-17(26)13(22)10-31/h11-16,31H,5-10,21-22H2,1-4H3,(H,23,28)(H,24,26)(H,25,27)(H,29,30). The molecule has 8 N–H and O–H groups in total. The van der Waals surface area contributed by atoms with Crippen LogP contribution < -0.4 is 27.4 Å². The molecular formula is C20H39N5O5S. The molecule has 180 valence electrons. The maximum atomic E-state index is 12.9. The molecule has 0 aliphatic heterocycles. The zero-order valence-corrected chi connectivity index (χ0v) is 19.8. The van der Waals surface area contributed by atoms with E-state index in [1.165, 1.54) is 0 Å². The lowest BCUT2D eigenvalue weighted by Crippen LogP contribution is -2.59. The molecule has 5 atom stereocenters. The Morgan fingerprint density at radius 2 is 1.48 bits per heavy atom. The van der Waals surface area contributed by atoms with Crippen molar-refractivity contribution in [2.24, 2.45) is 23.3 Å². The van der Waals surface area contributed by atoms with Crippen molar-refractivity contribution in [1.29, 1.82) is 0 Å². The molecule has 0 fully saturated rings. The monoisotopic (exact) mass is 461 g/mol. The van der Waals surface area contributed by atoms with E-state index in [4.69, 9.17) is 11.5 Å². The minimum absolute atomic E-state index is 0.122. The van der Waals surface area contributed by atoms with E-state index in [0.717, 1.165) is 0 Å². The van der Waals surface area contributed by atoms with Gasteiger partial charge in [-0.15, -0.1) is 0 Å². The van der Waals surface area contributed by atoms with Crippen molar-refractivity contribution in [2.45, 2.75) is 77.5 Å². The Bertz CT molecular complexity index is 605. The zero-order valence-electron chi connectivity index (χ0n) is 18.9. The second kappa shape index (κ2) is 15.0. The van der Waals surface area contributed by atoms with Gasteiger partial charge in [-0.25, -0.2) is 4.79 Å². The molecule has 0 spiro atoms. The number of hydrogen-bond acceptors (Lipinski definition) is 7. The summed E-state index contributed by atoms with van der Waals surface area (Å²) in [6.07, 6.45) is 2.02. The van der Waals surface area contributed by atoms with Crippen molar-refractivity contribution in [3.8, 4) is 0 Å². The number of thiol groups is 1. The number of nitrogens with one attached hydrogen (secondary N) is 3. The lowest BCUT2D eigenvalue weighted by atomic mass is 9.96. The number of nitrogens with two attached hydrogens (primary N) is 2. The number of rotatable bonds is 15. The Balaban J connectivity index is 5.39. The van der Waals surface area contributed by atoms with E-state index in [9.17, 15) is 24.3 Å². The van der Waals surface area contributed by atoms with Crippen LogP contribution in [0.25, 0.3) is 0 Å². The molecule has 0 bridgehead atoms. The fraction of sp³-hybridized carbons (Fsp3) is 0.800. The number of hydrogen-bond donors (Lipinski definition) is 7. The maximum absolute atomic E-state index is 12.9. The predicted molar refractivity (Wildman–Crippen MR) is 122 cm³/mol. The molecule has 0 heterocycles. The summed E-state index contributed by atoms with van der Waals surface area (Å²) in [4.78, 5) is 49.4. The lowest BCUT2D eigenvalue weighted by Gasteiger charge is -2.29. The molecule has 5 unspecified atom stereocenters. The van der Waals surface area contributed by atoms with Gasteiger partial charge in [0, 0.05) is 5.75 Å². The highest BCUT2D eigenvalue weighted by atomic mass is 32.1. The third-order valence-electron chi connectivity index (χ3n) is 5.14. The minimum atomic E-state index is -1.15. The average molecular weight is 462 g/mol. The first-order valence-electron chi connectivity index (χ1n) is 10.7. The summed E-state index contributed by atoms with van der Waals surface area (Å²) in [6.45, 7) is 7.60. The summed E-state index contributed by atoms with van der Waals surface area (Å²) in [5.41, 5.74) is 11.1. The van der Waals surface area contributed by atoms with Crippen LogP contribution in [0.1, 0.15) is 53.4 Å². The summed E-state index contributed by atoms with van der Waals surface area (Å²) in [5.74, 6) is -3.18. The molecule has 0 aliphatic carbocycles. The second-order valence-electron chi connectivity index (χ2n) is 8.08. The van der Waals surface area contributed by atoms with Crippen LogP contribution in [-0.4, -0.2) is 65.3 Å². The van der Waals surface area contributed by atoms with Crippen LogP contribution in [-0.2, 0) is 19.2 Å². The second-order valence-corrected chi connectivity index (χ2v) is 8.44. The fourth-order valence-electron chi connectivity index (χ4n) is 2.83. The van der Waals surface area contributed by atoms with Crippen molar-refractivity contribution in [3.05, 3.63) is 0 Å². The van der Waals surface area contributed by atoms with Crippen LogP contribution in [0.5, 0.6) is 0 Å². The number of carboxylic acid groups (broad SMARTS) is 1. The molecule has 0 saturated heterocycles. The van der Waals surface area contributed by atoms with Crippen LogP contribution >= 0.6 is 12.6 Å². The van der Waals surface area contributed by atoms with E-state index < -0.39 is 47.9 Å². The summed E-state index contributed by atoms with van der Waals surface area (Å²) >= 11 is 3.99. The van der Waals surface area contributed by atoms with Crippen molar-refractivity contribution in [2.75, 3.05) is 12.3 Å². The van der Waals surface area contributed by atoms with Gasteiger partial charge in [0.1, 0.15) is 18.1 Å². The minimum Gasteiger partial charge on any atom is -0.480 e. The van der Waals surface area contributed by atoms with Gasteiger partial charge in [0.15, 0.2) is 0 Å². The van der Waals surface area contributed by atoms with Gasteiger partial charge in [-0.1, -0.05) is 34.1 Å². The van der Waals surface area contributed by atoms with Crippen molar-refractivity contribution in [3.63, 3.8) is 0 Å². The topological polar surface area (TPSA) is 177 Å². The van der Waals surface area contributed by atoms with Gasteiger partial charge in [0.25, 0.3) is 0 Å². The third kappa shape index (κ3) is 10.3. The first kappa shape index (κ1) is 29.1. The predicted octanol–water partition coefficient (Wildman–Crippen LogP) is -0.386. The molecule has 0 radical (unpaired) electrons. The Kier molecular flexibility index (Phi) is 14.1. The molecule has 0 aromatic heterocycles. The Morgan fingerprint density at radius 3 is 1.94 bits per heavy atom. The van der Waals surface area contributed by atoms with E-state index in [0.29, 0.717) is 25.8 Å². The van der Waals surface area contributed by atoms with Crippen LogP contribution in [0.3, 0.4) is 0 Å².